The van der Waals surface area contributed by atoms with Gasteiger partial charge in [-0.25, -0.2) is 19.0 Å². The van der Waals surface area contributed by atoms with Crippen molar-refractivity contribution in [1.29, 1.82) is 5.26 Å². The standard InChI is InChI=1S/C27H31ClFN7O2/c1-16-15-34(11-9-23(16)35-10-3-4-19(35)6-8-25(37)38)24-14-31-26-22(13-30)33-36(27(26)32-24)17(2)20-7-5-18(28)12-21(20)29/h5,7,12,14,16-17,19,23H,3-4,6,8-11,15H2,1-2H3,(H,37,38)/t16-,17?,19+,23+/m1/s1. The van der Waals surface area contributed by atoms with E-state index in [1.807, 2.05) is 0 Å². The van der Waals surface area contributed by atoms with Crippen LogP contribution in [0.2, 0.25) is 5.02 Å². The van der Waals surface area contributed by atoms with Gasteiger partial charge in [0.05, 0.1) is 12.2 Å². The van der Waals surface area contributed by atoms with Gasteiger partial charge in [0.2, 0.25) is 0 Å². The summed E-state index contributed by atoms with van der Waals surface area (Å²) in [6.45, 7) is 6.63. The maximum Gasteiger partial charge on any atom is 0.303 e. The summed E-state index contributed by atoms with van der Waals surface area (Å²) >= 11 is 5.94. The molecule has 2 aliphatic rings. The van der Waals surface area contributed by atoms with Crippen LogP contribution >= 0.6 is 11.6 Å². The Bertz CT molecular complexity index is 1390. The van der Waals surface area contributed by atoms with Crippen molar-refractivity contribution in [1.82, 2.24) is 24.6 Å². The molecular weight excluding hydrogens is 509 g/mol. The zero-order chi connectivity index (χ0) is 27.0. The third-order valence-electron chi connectivity index (χ3n) is 8.00. The van der Waals surface area contributed by atoms with E-state index < -0.39 is 17.8 Å². The Hall–Kier alpha value is -3.29. The number of rotatable bonds is 7. The van der Waals surface area contributed by atoms with Gasteiger partial charge in [0.15, 0.2) is 11.3 Å². The molecular formula is C27H31ClFN7O2. The molecule has 1 N–H and O–H groups in total. The normalized spacial score (nSPS) is 23.0. The number of nitriles is 1. The summed E-state index contributed by atoms with van der Waals surface area (Å²) in [5.74, 6) is -0.134. The maximum atomic E-state index is 14.7. The molecule has 38 heavy (non-hydrogen) atoms. The third kappa shape index (κ3) is 5.05. The topological polar surface area (TPSA) is 111 Å². The summed E-state index contributed by atoms with van der Waals surface area (Å²) in [4.78, 5) is 25.2. The van der Waals surface area contributed by atoms with Crippen LogP contribution in [-0.4, -0.2) is 67.4 Å². The Kier molecular flexibility index (Phi) is 7.50. The molecule has 11 heteroatoms. The Morgan fingerprint density at radius 2 is 2.16 bits per heavy atom. The van der Waals surface area contributed by atoms with Crippen LogP contribution in [0.15, 0.2) is 24.4 Å². The van der Waals surface area contributed by atoms with Gasteiger partial charge in [0.1, 0.15) is 23.2 Å². The maximum absolute atomic E-state index is 14.7. The van der Waals surface area contributed by atoms with Crippen LogP contribution in [0.5, 0.6) is 0 Å². The van der Waals surface area contributed by atoms with Crippen molar-refractivity contribution in [3.63, 3.8) is 0 Å². The fourth-order valence-corrected chi connectivity index (χ4v) is 6.26. The Balaban J connectivity index is 1.38. The van der Waals surface area contributed by atoms with Crippen LogP contribution in [-0.2, 0) is 4.79 Å². The van der Waals surface area contributed by atoms with Gasteiger partial charge in [0.25, 0.3) is 0 Å². The number of halogens is 2. The largest absolute Gasteiger partial charge is 0.481 e. The summed E-state index contributed by atoms with van der Waals surface area (Å²) in [5.41, 5.74) is 1.37. The number of fused-ring (bicyclic) bond motifs is 1. The molecule has 2 saturated heterocycles. The van der Waals surface area contributed by atoms with Crippen molar-refractivity contribution in [3.8, 4) is 6.07 Å². The molecule has 1 aromatic carbocycles. The molecule has 0 saturated carbocycles. The lowest BCUT2D eigenvalue weighted by atomic mass is 9.91. The molecule has 0 amide bonds. The van der Waals surface area contributed by atoms with Gasteiger partial charge in [-0.1, -0.05) is 24.6 Å². The number of carboxylic acids is 1. The van der Waals surface area contributed by atoms with Gasteiger partial charge in [-0.15, -0.1) is 0 Å². The highest BCUT2D eigenvalue weighted by atomic mass is 35.5. The summed E-state index contributed by atoms with van der Waals surface area (Å²) < 4.78 is 16.3. The number of aliphatic carboxylic acids is 1. The quantitative estimate of drug-likeness (QED) is 0.462. The van der Waals surface area contributed by atoms with Gasteiger partial charge in [-0.3, -0.25) is 9.69 Å². The first-order chi connectivity index (χ1) is 18.3. The van der Waals surface area contributed by atoms with Gasteiger partial charge in [-0.2, -0.15) is 10.4 Å². The molecule has 5 rings (SSSR count). The van der Waals surface area contributed by atoms with Crippen LogP contribution in [0, 0.1) is 23.1 Å². The van der Waals surface area contributed by atoms with E-state index in [0.717, 1.165) is 38.9 Å². The SMILES string of the molecule is CC(c1ccc(Cl)cc1F)n1nc(C#N)c2ncc(N3CC[C@H](N4CCC[C@H]4CCC(=O)O)[C@H](C)C3)nc21. The lowest BCUT2D eigenvalue weighted by molar-refractivity contribution is -0.137. The van der Waals surface area contributed by atoms with E-state index in [0.29, 0.717) is 52.0 Å². The van der Waals surface area contributed by atoms with Crippen LogP contribution in [0.4, 0.5) is 10.2 Å². The average molecular weight is 540 g/mol. The zero-order valence-electron chi connectivity index (χ0n) is 21.5. The highest BCUT2D eigenvalue weighted by Crippen LogP contribution is 2.33. The van der Waals surface area contributed by atoms with Crippen LogP contribution in [0.1, 0.15) is 63.3 Å². The number of likely N-dealkylation sites (tertiary alicyclic amines) is 1. The number of aromatic nitrogens is 4. The Labute approximate surface area is 225 Å². The summed E-state index contributed by atoms with van der Waals surface area (Å²) in [7, 11) is 0. The van der Waals surface area contributed by atoms with Gasteiger partial charge in [0, 0.05) is 42.2 Å². The number of carbonyl (C=O) groups is 1. The lowest BCUT2D eigenvalue weighted by Crippen LogP contribution is -2.52. The second kappa shape index (κ2) is 10.8. The number of nitrogens with zero attached hydrogens (tertiary/aromatic N) is 7. The number of benzene rings is 1. The summed E-state index contributed by atoms with van der Waals surface area (Å²) in [6, 6.07) is 6.79. The van der Waals surface area contributed by atoms with Crippen LogP contribution in [0.3, 0.4) is 0 Å². The number of anilines is 1. The van der Waals surface area contributed by atoms with Crippen molar-refractivity contribution in [2.45, 2.75) is 64.1 Å². The minimum Gasteiger partial charge on any atom is -0.481 e. The average Bonchev–Trinajstić information content (AvgIpc) is 3.51. The Morgan fingerprint density at radius 1 is 1.34 bits per heavy atom. The number of hydrogen-bond acceptors (Lipinski definition) is 7. The molecule has 2 aliphatic heterocycles. The number of carboxylic acid groups (broad SMARTS) is 1. The van der Waals surface area contributed by atoms with Crippen molar-refractivity contribution in [2.75, 3.05) is 24.5 Å². The number of piperidine rings is 1. The van der Waals surface area contributed by atoms with Crippen LogP contribution in [0.25, 0.3) is 11.2 Å². The smallest absolute Gasteiger partial charge is 0.303 e. The molecule has 1 unspecified atom stereocenters. The lowest BCUT2D eigenvalue weighted by Gasteiger charge is -2.43. The van der Waals surface area contributed by atoms with Gasteiger partial charge >= 0.3 is 5.97 Å². The van der Waals surface area contributed by atoms with Crippen LogP contribution < -0.4 is 4.90 Å². The van der Waals surface area contributed by atoms with Crippen molar-refractivity contribution >= 4 is 34.6 Å². The predicted octanol–water partition coefficient (Wildman–Crippen LogP) is 4.64. The van der Waals surface area contributed by atoms with Crippen molar-refractivity contribution < 1.29 is 14.3 Å². The Morgan fingerprint density at radius 3 is 2.87 bits per heavy atom. The minimum absolute atomic E-state index is 0.147. The highest BCUT2D eigenvalue weighted by Gasteiger charge is 2.37. The van der Waals surface area contributed by atoms with Gasteiger partial charge < -0.3 is 10.0 Å². The monoisotopic (exact) mass is 539 g/mol. The first-order valence-corrected chi connectivity index (χ1v) is 13.5. The molecule has 200 valence electrons. The zero-order valence-corrected chi connectivity index (χ0v) is 22.3. The minimum atomic E-state index is -0.736. The van der Waals surface area contributed by atoms with E-state index in [1.165, 1.54) is 6.07 Å². The van der Waals surface area contributed by atoms with Crippen molar-refractivity contribution in [2.24, 2.45) is 5.92 Å². The molecule has 0 spiro atoms. The first kappa shape index (κ1) is 26.3. The fourth-order valence-electron chi connectivity index (χ4n) is 6.10. The molecule has 4 heterocycles. The molecule has 9 nitrogen and oxygen atoms in total. The summed E-state index contributed by atoms with van der Waals surface area (Å²) in [6.07, 6.45) is 5.69. The molecule has 2 aromatic heterocycles. The fraction of sp³-hybridized carbons (Fsp3) is 0.519. The predicted molar refractivity (Wildman–Crippen MR) is 142 cm³/mol. The highest BCUT2D eigenvalue weighted by molar-refractivity contribution is 6.30. The van der Waals surface area contributed by atoms with E-state index in [-0.39, 0.29) is 12.1 Å². The molecule has 0 aliphatic carbocycles. The summed E-state index contributed by atoms with van der Waals surface area (Å²) in [5, 5.41) is 23.5. The van der Waals surface area contributed by atoms with E-state index in [2.05, 4.69) is 32.9 Å². The van der Waals surface area contributed by atoms with E-state index in [1.54, 1.807) is 29.9 Å². The second-order valence-corrected chi connectivity index (χ2v) is 10.8. The van der Waals surface area contributed by atoms with Crippen molar-refractivity contribution in [3.05, 3.63) is 46.5 Å². The molecule has 4 atom stereocenters. The third-order valence-corrected chi connectivity index (χ3v) is 8.23. The number of hydrogen-bond donors (Lipinski definition) is 1. The molecule has 0 radical (unpaired) electrons. The van der Waals surface area contributed by atoms with E-state index in [9.17, 15) is 14.4 Å². The first-order valence-electron chi connectivity index (χ1n) is 13.1. The molecule has 2 fully saturated rings. The molecule has 3 aromatic rings. The second-order valence-electron chi connectivity index (χ2n) is 10.4. The van der Waals surface area contributed by atoms with E-state index in [4.69, 9.17) is 21.7 Å². The van der Waals surface area contributed by atoms with E-state index >= 15 is 0 Å². The van der Waals surface area contributed by atoms with Gasteiger partial charge in [-0.05, 0) is 57.2 Å². The molecule has 0 bridgehead atoms.